The van der Waals surface area contributed by atoms with Gasteiger partial charge in [0.05, 0.1) is 5.56 Å². The van der Waals surface area contributed by atoms with Crippen LogP contribution >= 0.6 is 11.8 Å². The van der Waals surface area contributed by atoms with Crippen LogP contribution in [0.2, 0.25) is 0 Å². The lowest BCUT2D eigenvalue weighted by molar-refractivity contribution is -0.137. The quantitative estimate of drug-likeness (QED) is 0.545. The van der Waals surface area contributed by atoms with Gasteiger partial charge in [0.25, 0.3) is 5.91 Å². The molecule has 1 fully saturated rings. The van der Waals surface area contributed by atoms with Crippen molar-refractivity contribution in [1.29, 1.82) is 0 Å². The third-order valence-electron chi connectivity index (χ3n) is 5.44. The monoisotopic (exact) mass is 464 g/mol. The molecule has 0 radical (unpaired) electrons. The van der Waals surface area contributed by atoms with E-state index in [2.05, 4.69) is 12.2 Å². The van der Waals surface area contributed by atoms with Crippen molar-refractivity contribution in [3.63, 3.8) is 0 Å². The molecule has 2 aromatic carbocycles. The highest BCUT2D eigenvalue weighted by Gasteiger charge is 2.42. The van der Waals surface area contributed by atoms with Crippen LogP contribution in [0.5, 0.6) is 0 Å². The molecule has 0 spiro atoms. The number of unbranched alkanes of at least 4 members (excludes halogenated alkanes) is 2. The van der Waals surface area contributed by atoms with Gasteiger partial charge in [-0.25, -0.2) is 0 Å². The molecular weight excluding hydrogens is 437 g/mol. The van der Waals surface area contributed by atoms with Crippen LogP contribution in [0.3, 0.4) is 0 Å². The van der Waals surface area contributed by atoms with Crippen LogP contribution in [0, 0.1) is 6.92 Å². The number of nitrogens with zero attached hydrogens (tertiary/aromatic N) is 1. The molecule has 0 saturated carbocycles. The van der Waals surface area contributed by atoms with Crippen molar-refractivity contribution in [2.75, 3.05) is 12.3 Å². The Morgan fingerprint density at radius 1 is 1.06 bits per heavy atom. The van der Waals surface area contributed by atoms with E-state index in [4.69, 9.17) is 0 Å². The van der Waals surface area contributed by atoms with E-state index in [9.17, 15) is 22.8 Å². The van der Waals surface area contributed by atoms with Crippen molar-refractivity contribution in [1.82, 2.24) is 10.2 Å². The summed E-state index contributed by atoms with van der Waals surface area (Å²) in [5.41, 5.74) is 1.26. The Kier molecular flexibility index (Phi) is 7.87. The van der Waals surface area contributed by atoms with Gasteiger partial charge in [-0.15, -0.1) is 11.8 Å². The van der Waals surface area contributed by atoms with E-state index < -0.39 is 23.2 Å². The Balaban J connectivity index is 1.87. The van der Waals surface area contributed by atoms with E-state index in [-0.39, 0.29) is 11.8 Å². The first kappa shape index (κ1) is 24.2. The van der Waals surface area contributed by atoms with Crippen molar-refractivity contribution in [3.8, 4) is 0 Å². The van der Waals surface area contributed by atoms with E-state index in [0.717, 1.165) is 37.0 Å². The summed E-state index contributed by atoms with van der Waals surface area (Å²) in [5, 5.41) is 2.37. The molecule has 1 aliphatic rings. The first-order valence-corrected chi connectivity index (χ1v) is 11.7. The molecule has 1 N–H and O–H groups in total. The molecule has 8 heteroatoms. The Labute approximate surface area is 190 Å². The van der Waals surface area contributed by atoms with Gasteiger partial charge < -0.3 is 10.2 Å². The van der Waals surface area contributed by atoms with Crippen molar-refractivity contribution in [2.24, 2.45) is 0 Å². The highest BCUT2D eigenvalue weighted by atomic mass is 32.2. The summed E-state index contributed by atoms with van der Waals surface area (Å²) >= 11 is 1.39. The van der Waals surface area contributed by atoms with Gasteiger partial charge in [0.2, 0.25) is 5.91 Å². The van der Waals surface area contributed by atoms with Crippen LogP contribution < -0.4 is 5.32 Å². The van der Waals surface area contributed by atoms with Crippen LogP contribution in [0.1, 0.15) is 58.6 Å². The Hall–Kier alpha value is -2.48. The number of rotatable bonds is 7. The van der Waals surface area contributed by atoms with E-state index in [1.54, 1.807) is 12.1 Å². The maximum atomic E-state index is 13.4. The first-order chi connectivity index (χ1) is 15.2. The molecule has 172 valence electrons. The summed E-state index contributed by atoms with van der Waals surface area (Å²) in [6, 6.07) is 11.2. The fraction of sp³-hybridized carbons (Fsp3) is 0.417. The molecule has 0 aromatic heterocycles. The standard InChI is InChI=1S/C24H27F3N2O2S/c1-3-4-5-14-28-21(30)20-15-32-23(18-10-12-19(13-11-18)24(25,26)27)29(20)22(31)17-8-6-16(2)7-9-17/h6-13,20,23H,3-5,14-15H2,1-2H3,(H,28,30). The topological polar surface area (TPSA) is 49.4 Å². The van der Waals surface area contributed by atoms with Gasteiger partial charge in [-0.1, -0.05) is 49.6 Å². The average molecular weight is 465 g/mol. The van der Waals surface area contributed by atoms with Crippen molar-refractivity contribution in [3.05, 3.63) is 70.8 Å². The molecule has 3 rings (SSSR count). The Morgan fingerprint density at radius 2 is 1.72 bits per heavy atom. The molecule has 1 heterocycles. The SMILES string of the molecule is CCCCCNC(=O)C1CSC(c2ccc(C(F)(F)F)cc2)N1C(=O)c1ccc(C)cc1. The molecular formula is C24H27F3N2O2S. The number of halogens is 3. The molecule has 1 saturated heterocycles. The number of alkyl halides is 3. The smallest absolute Gasteiger partial charge is 0.354 e. The number of amides is 2. The number of benzene rings is 2. The highest BCUT2D eigenvalue weighted by molar-refractivity contribution is 7.99. The third kappa shape index (κ3) is 5.65. The number of aryl methyl sites for hydroxylation is 1. The van der Waals surface area contributed by atoms with E-state index in [1.165, 1.54) is 28.8 Å². The normalized spacial score (nSPS) is 18.6. The Morgan fingerprint density at radius 3 is 2.31 bits per heavy atom. The number of hydrogen-bond donors (Lipinski definition) is 1. The molecule has 1 aliphatic heterocycles. The highest BCUT2D eigenvalue weighted by Crippen LogP contribution is 2.43. The summed E-state index contributed by atoms with van der Waals surface area (Å²) in [5.74, 6) is -0.166. The molecule has 32 heavy (non-hydrogen) atoms. The van der Waals surface area contributed by atoms with Gasteiger partial charge in [-0.05, 0) is 43.2 Å². The molecule has 2 aromatic rings. The minimum atomic E-state index is -4.43. The molecule has 0 aliphatic carbocycles. The number of nitrogens with one attached hydrogen (secondary N) is 1. The van der Waals surface area contributed by atoms with Gasteiger partial charge in [-0.2, -0.15) is 13.2 Å². The zero-order valence-electron chi connectivity index (χ0n) is 18.1. The van der Waals surface area contributed by atoms with Crippen LogP contribution in [0.4, 0.5) is 13.2 Å². The molecule has 2 unspecified atom stereocenters. The average Bonchev–Trinajstić information content (AvgIpc) is 3.21. The maximum Gasteiger partial charge on any atom is 0.416 e. The van der Waals surface area contributed by atoms with Gasteiger partial charge in [0.15, 0.2) is 0 Å². The fourth-order valence-electron chi connectivity index (χ4n) is 3.60. The lowest BCUT2D eigenvalue weighted by atomic mass is 10.1. The van der Waals surface area contributed by atoms with Crippen LogP contribution in [0.15, 0.2) is 48.5 Å². The lowest BCUT2D eigenvalue weighted by Gasteiger charge is -2.29. The summed E-state index contributed by atoms with van der Waals surface area (Å²) in [4.78, 5) is 27.8. The third-order valence-corrected chi connectivity index (χ3v) is 6.76. The summed E-state index contributed by atoms with van der Waals surface area (Å²) in [6.07, 6.45) is -1.54. The molecule has 4 nitrogen and oxygen atoms in total. The number of carbonyl (C=O) groups is 2. The second kappa shape index (κ2) is 10.4. The minimum Gasteiger partial charge on any atom is -0.354 e. The predicted octanol–water partition coefficient (Wildman–Crippen LogP) is 5.58. The van der Waals surface area contributed by atoms with E-state index in [0.29, 0.717) is 23.4 Å². The molecule has 2 atom stereocenters. The lowest BCUT2D eigenvalue weighted by Crippen LogP contribution is -2.48. The van der Waals surface area contributed by atoms with Crippen LogP contribution in [-0.2, 0) is 11.0 Å². The van der Waals surface area contributed by atoms with Crippen LogP contribution in [-0.4, -0.2) is 35.1 Å². The number of hydrogen-bond acceptors (Lipinski definition) is 3. The van der Waals surface area contributed by atoms with Gasteiger partial charge in [-0.3, -0.25) is 9.59 Å². The summed E-state index contributed by atoms with van der Waals surface area (Å²) in [6.45, 7) is 4.52. The van der Waals surface area contributed by atoms with Gasteiger partial charge in [0, 0.05) is 17.9 Å². The second-order valence-electron chi connectivity index (χ2n) is 7.90. The van der Waals surface area contributed by atoms with E-state index in [1.807, 2.05) is 19.1 Å². The summed E-state index contributed by atoms with van der Waals surface area (Å²) in [7, 11) is 0. The van der Waals surface area contributed by atoms with Gasteiger partial charge >= 0.3 is 6.18 Å². The van der Waals surface area contributed by atoms with Crippen molar-refractivity contribution >= 4 is 23.6 Å². The number of carbonyl (C=O) groups excluding carboxylic acids is 2. The summed E-state index contributed by atoms with van der Waals surface area (Å²) < 4.78 is 38.9. The van der Waals surface area contributed by atoms with Crippen LogP contribution in [0.25, 0.3) is 0 Å². The first-order valence-electron chi connectivity index (χ1n) is 10.7. The minimum absolute atomic E-state index is 0.233. The second-order valence-corrected chi connectivity index (χ2v) is 9.01. The fourth-order valence-corrected chi connectivity index (χ4v) is 5.03. The molecule has 0 bridgehead atoms. The predicted molar refractivity (Wildman–Crippen MR) is 120 cm³/mol. The van der Waals surface area contributed by atoms with Crippen molar-refractivity contribution < 1.29 is 22.8 Å². The van der Waals surface area contributed by atoms with Crippen molar-refractivity contribution in [2.45, 2.75) is 50.7 Å². The van der Waals surface area contributed by atoms with Gasteiger partial charge in [0.1, 0.15) is 11.4 Å². The number of thioether (sulfide) groups is 1. The van der Waals surface area contributed by atoms with E-state index >= 15 is 0 Å². The largest absolute Gasteiger partial charge is 0.416 e. The maximum absolute atomic E-state index is 13.4. The molecule has 2 amide bonds. The zero-order chi connectivity index (χ0) is 23.3. The zero-order valence-corrected chi connectivity index (χ0v) is 18.9. The Bertz CT molecular complexity index is 930.